The van der Waals surface area contributed by atoms with Gasteiger partial charge in [-0.2, -0.15) is 0 Å². The number of ether oxygens (including phenoxy) is 1. The Labute approximate surface area is 114 Å². The quantitative estimate of drug-likeness (QED) is 0.819. The van der Waals surface area contributed by atoms with Gasteiger partial charge in [0.15, 0.2) is 10.4 Å². The van der Waals surface area contributed by atoms with Gasteiger partial charge >= 0.3 is 5.97 Å². The van der Waals surface area contributed by atoms with Gasteiger partial charge < -0.3 is 9.30 Å². The molecule has 2 aromatic rings. The van der Waals surface area contributed by atoms with Crippen LogP contribution in [-0.4, -0.2) is 22.1 Å². The normalized spacial score (nSPS) is 10.4. The molecule has 0 aliphatic rings. The molecule has 0 spiro atoms. The minimum Gasteiger partial charge on any atom is -0.461 e. The lowest BCUT2D eigenvalue weighted by Gasteiger charge is -2.06. The molecule has 0 amide bonds. The van der Waals surface area contributed by atoms with Crippen LogP contribution in [0.1, 0.15) is 17.4 Å². The maximum absolute atomic E-state index is 11.9. The van der Waals surface area contributed by atoms with Crippen LogP contribution < -0.4 is 0 Å². The number of aromatic nitrogens is 2. The van der Waals surface area contributed by atoms with Gasteiger partial charge in [0.25, 0.3) is 0 Å². The highest BCUT2D eigenvalue weighted by Gasteiger charge is 2.21. The number of hydrogen-bond donors (Lipinski definition) is 0. The molecule has 0 N–H and O–H groups in total. The maximum atomic E-state index is 11.9. The van der Waals surface area contributed by atoms with Crippen LogP contribution in [0.2, 0.25) is 0 Å². The summed E-state index contributed by atoms with van der Waals surface area (Å²) in [5, 5.41) is 0. The first-order chi connectivity index (χ1) is 8.65. The topological polar surface area (TPSA) is 44.1 Å². The SMILES string of the molecule is CCOC(=O)c1nc(Br)n(C)c1-c1ccccc1. The molecule has 0 aliphatic heterocycles. The maximum Gasteiger partial charge on any atom is 0.359 e. The van der Waals surface area contributed by atoms with E-state index in [1.165, 1.54) is 0 Å². The molecular formula is C13H13BrN2O2. The molecule has 0 aliphatic carbocycles. The lowest BCUT2D eigenvalue weighted by molar-refractivity contribution is 0.0521. The summed E-state index contributed by atoms with van der Waals surface area (Å²) >= 11 is 3.33. The van der Waals surface area contributed by atoms with Crippen molar-refractivity contribution in [1.29, 1.82) is 0 Å². The molecule has 0 bridgehead atoms. The molecule has 94 valence electrons. The highest BCUT2D eigenvalue weighted by molar-refractivity contribution is 9.10. The average Bonchev–Trinajstić information content (AvgIpc) is 2.67. The van der Waals surface area contributed by atoms with Crippen LogP contribution in [0.25, 0.3) is 11.3 Å². The first kappa shape index (κ1) is 12.8. The van der Waals surface area contributed by atoms with E-state index in [0.717, 1.165) is 11.3 Å². The summed E-state index contributed by atoms with van der Waals surface area (Å²) in [4.78, 5) is 16.1. The Morgan fingerprint density at radius 3 is 2.67 bits per heavy atom. The van der Waals surface area contributed by atoms with Crippen LogP contribution in [-0.2, 0) is 11.8 Å². The van der Waals surface area contributed by atoms with Crippen LogP contribution in [0.5, 0.6) is 0 Å². The fraction of sp³-hybridized carbons (Fsp3) is 0.231. The number of rotatable bonds is 3. The molecule has 0 unspecified atom stereocenters. The van der Waals surface area contributed by atoms with Gasteiger partial charge in [-0.1, -0.05) is 30.3 Å². The molecule has 18 heavy (non-hydrogen) atoms. The van der Waals surface area contributed by atoms with Crippen molar-refractivity contribution >= 4 is 21.9 Å². The van der Waals surface area contributed by atoms with Crippen molar-refractivity contribution in [2.75, 3.05) is 6.61 Å². The van der Waals surface area contributed by atoms with Gasteiger partial charge in [-0.15, -0.1) is 0 Å². The van der Waals surface area contributed by atoms with Crippen LogP contribution >= 0.6 is 15.9 Å². The van der Waals surface area contributed by atoms with Crippen LogP contribution in [0.4, 0.5) is 0 Å². The van der Waals surface area contributed by atoms with Gasteiger partial charge in [-0.3, -0.25) is 0 Å². The van der Waals surface area contributed by atoms with Gasteiger partial charge in [0.1, 0.15) is 0 Å². The zero-order valence-corrected chi connectivity index (χ0v) is 11.8. The smallest absolute Gasteiger partial charge is 0.359 e. The number of hydrogen-bond acceptors (Lipinski definition) is 3. The Bertz CT molecular complexity index is 564. The molecule has 1 heterocycles. The van der Waals surface area contributed by atoms with E-state index in [1.54, 1.807) is 6.92 Å². The van der Waals surface area contributed by atoms with Gasteiger partial charge in [0.05, 0.1) is 12.3 Å². The van der Waals surface area contributed by atoms with Crippen molar-refractivity contribution in [3.8, 4) is 11.3 Å². The monoisotopic (exact) mass is 308 g/mol. The highest BCUT2D eigenvalue weighted by atomic mass is 79.9. The molecule has 1 aromatic carbocycles. The number of carbonyl (C=O) groups excluding carboxylic acids is 1. The molecule has 0 atom stereocenters. The molecule has 0 saturated heterocycles. The predicted octanol–water partition coefficient (Wildman–Crippen LogP) is 3.03. The van der Waals surface area contributed by atoms with Crippen molar-refractivity contribution in [3.05, 3.63) is 40.8 Å². The van der Waals surface area contributed by atoms with Crippen molar-refractivity contribution in [2.24, 2.45) is 7.05 Å². The van der Waals surface area contributed by atoms with E-state index in [4.69, 9.17) is 4.74 Å². The summed E-state index contributed by atoms with van der Waals surface area (Å²) in [6, 6.07) is 9.65. The summed E-state index contributed by atoms with van der Waals surface area (Å²) in [6.45, 7) is 2.11. The van der Waals surface area contributed by atoms with E-state index >= 15 is 0 Å². The van der Waals surface area contributed by atoms with Crippen molar-refractivity contribution < 1.29 is 9.53 Å². The first-order valence-corrected chi connectivity index (χ1v) is 6.39. The van der Waals surface area contributed by atoms with Gasteiger partial charge in [0.2, 0.25) is 0 Å². The summed E-state index contributed by atoms with van der Waals surface area (Å²) in [6.07, 6.45) is 0. The number of nitrogens with zero attached hydrogens (tertiary/aromatic N) is 2. The van der Waals surface area contributed by atoms with E-state index < -0.39 is 5.97 Å². The largest absolute Gasteiger partial charge is 0.461 e. The molecule has 0 saturated carbocycles. The van der Waals surface area contributed by atoms with Crippen LogP contribution in [0.3, 0.4) is 0 Å². The fourth-order valence-corrected chi connectivity index (χ4v) is 2.09. The zero-order valence-electron chi connectivity index (χ0n) is 10.2. The van der Waals surface area contributed by atoms with Crippen LogP contribution in [0, 0.1) is 0 Å². The van der Waals surface area contributed by atoms with Gasteiger partial charge in [-0.05, 0) is 22.9 Å². The first-order valence-electron chi connectivity index (χ1n) is 5.60. The lowest BCUT2D eigenvalue weighted by Crippen LogP contribution is -2.07. The third kappa shape index (κ3) is 2.31. The molecule has 5 heteroatoms. The van der Waals surface area contributed by atoms with Crippen LogP contribution in [0.15, 0.2) is 35.1 Å². The predicted molar refractivity (Wildman–Crippen MR) is 72.3 cm³/mol. The second-order valence-corrected chi connectivity index (χ2v) is 4.43. The number of esters is 1. The molecule has 0 fully saturated rings. The molecular weight excluding hydrogens is 296 g/mol. The number of benzene rings is 1. The molecule has 4 nitrogen and oxygen atoms in total. The summed E-state index contributed by atoms with van der Waals surface area (Å²) in [7, 11) is 1.85. The van der Waals surface area contributed by atoms with E-state index in [1.807, 2.05) is 41.9 Å². The minimum absolute atomic E-state index is 0.331. The Balaban J connectivity index is 2.55. The Kier molecular flexibility index (Phi) is 3.81. The minimum atomic E-state index is -0.405. The summed E-state index contributed by atoms with van der Waals surface area (Å²) in [5.74, 6) is -0.405. The molecule has 1 aromatic heterocycles. The summed E-state index contributed by atoms with van der Waals surface area (Å²) in [5.41, 5.74) is 2.01. The number of imidazole rings is 1. The van der Waals surface area contributed by atoms with E-state index in [9.17, 15) is 4.79 Å². The lowest BCUT2D eigenvalue weighted by atomic mass is 10.1. The third-order valence-corrected chi connectivity index (χ3v) is 3.27. The average molecular weight is 309 g/mol. The van der Waals surface area contributed by atoms with Crippen molar-refractivity contribution in [1.82, 2.24) is 9.55 Å². The van der Waals surface area contributed by atoms with Crippen molar-refractivity contribution in [2.45, 2.75) is 6.92 Å². The fourth-order valence-electron chi connectivity index (χ4n) is 1.74. The number of carbonyl (C=O) groups is 1. The Morgan fingerprint density at radius 1 is 1.39 bits per heavy atom. The third-order valence-electron chi connectivity index (χ3n) is 2.56. The standard InChI is InChI=1S/C13H13BrN2O2/c1-3-18-12(17)10-11(16(2)13(14)15-10)9-7-5-4-6-8-9/h4-8H,3H2,1-2H3. The van der Waals surface area contributed by atoms with Gasteiger partial charge in [-0.25, -0.2) is 9.78 Å². The zero-order chi connectivity index (χ0) is 13.1. The molecule has 0 radical (unpaired) electrons. The van der Waals surface area contributed by atoms with Gasteiger partial charge in [0, 0.05) is 12.6 Å². The Morgan fingerprint density at radius 2 is 2.06 bits per heavy atom. The second-order valence-electron chi connectivity index (χ2n) is 3.72. The molecule has 2 rings (SSSR count). The van der Waals surface area contributed by atoms with E-state index in [-0.39, 0.29) is 0 Å². The number of halogens is 1. The Hall–Kier alpha value is -1.62. The van der Waals surface area contributed by atoms with Crippen molar-refractivity contribution in [3.63, 3.8) is 0 Å². The summed E-state index contributed by atoms with van der Waals surface area (Å²) < 4.78 is 7.45. The van der Waals surface area contributed by atoms with E-state index in [0.29, 0.717) is 17.0 Å². The van der Waals surface area contributed by atoms with E-state index in [2.05, 4.69) is 20.9 Å². The second kappa shape index (κ2) is 5.35. The highest BCUT2D eigenvalue weighted by Crippen LogP contribution is 2.27.